The number of aliphatic hydroxyl groups is 1. The quantitative estimate of drug-likeness (QED) is 0.336. The number of ether oxygens (including phenoxy) is 1. The van der Waals surface area contributed by atoms with Crippen LogP contribution in [0, 0.1) is 5.92 Å². The number of rotatable bonds is 9. The lowest BCUT2D eigenvalue weighted by molar-refractivity contribution is -0.167. The molecule has 1 N–H and O–H groups in total. The number of aliphatic hydroxyl groups excluding tert-OH is 1. The first-order valence-corrected chi connectivity index (χ1v) is 16.4. The maximum Gasteiger partial charge on any atom is 0.269 e. The smallest absolute Gasteiger partial charge is 0.269 e. The number of carbonyl (C=O) groups excluding carboxylic acids is 3. The zero-order chi connectivity index (χ0) is 33.1. The normalized spacial score (nSPS) is 20.1. The first kappa shape index (κ1) is 32.2. The van der Waals surface area contributed by atoms with Crippen molar-refractivity contribution < 1.29 is 24.2 Å². The highest BCUT2D eigenvalue weighted by Gasteiger charge is 2.49. The van der Waals surface area contributed by atoms with Crippen molar-refractivity contribution in [3.63, 3.8) is 0 Å². The van der Waals surface area contributed by atoms with Crippen LogP contribution in [0.2, 0.25) is 0 Å². The molecule has 2 unspecified atom stereocenters. The Morgan fingerprint density at radius 2 is 1.55 bits per heavy atom. The number of carbonyl (C=O) groups is 3. The monoisotopic (exact) mass is 634 g/mol. The molecule has 0 bridgehead atoms. The fourth-order valence-electron chi connectivity index (χ4n) is 7.00. The summed E-state index contributed by atoms with van der Waals surface area (Å²) >= 11 is 0. The maximum absolute atomic E-state index is 14.9. The molecule has 9 nitrogen and oxygen atoms in total. The number of amides is 3. The second-order valence-electron chi connectivity index (χ2n) is 13.0. The molecule has 0 radical (unpaired) electrons. The lowest BCUT2D eigenvalue weighted by Crippen LogP contribution is -2.64. The first-order chi connectivity index (χ1) is 22.7. The largest absolute Gasteiger partial charge is 0.476 e. The lowest BCUT2D eigenvalue weighted by Gasteiger charge is -2.48. The molecule has 3 aliphatic rings. The number of benzene rings is 3. The molecule has 3 amide bonds. The highest BCUT2D eigenvalue weighted by Crippen LogP contribution is 2.39. The van der Waals surface area contributed by atoms with Gasteiger partial charge in [0, 0.05) is 24.3 Å². The molecule has 0 aromatic heterocycles. The van der Waals surface area contributed by atoms with Crippen LogP contribution in [0.4, 0.5) is 0 Å². The molecule has 3 aromatic rings. The lowest BCUT2D eigenvalue weighted by atomic mass is 9.96. The molecule has 1 spiro atoms. The van der Waals surface area contributed by atoms with E-state index in [0.29, 0.717) is 23.4 Å². The average molecular weight is 635 g/mol. The Bertz CT molecular complexity index is 1650. The van der Waals surface area contributed by atoms with E-state index in [1.807, 2.05) is 80.6 Å². The van der Waals surface area contributed by atoms with Gasteiger partial charge in [-0.05, 0) is 42.9 Å². The highest BCUT2D eigenvalue weighted by atomic mass is 16.5. The van der Waals surface area contributed by atoms with Gasteiger partial charge >= 0.3 is 0 Å². The van der Waals surface area contributed by atoms with Crippen molar-refractivity contribution in [2.45, 2.75) is 76.6 Å². The van der Waals surface area contributed by atoms with E-state index in [2.05, 4.69) is 0 Å². The minimum atomic E-state index is -1.31. The summed E-state index contributed by atoms with van der Waals surface area (Å²) in [5.74, 6) is -1.33. The SMILES string of the molecule is CC(=O)N([C@@H](Cc1ccccc1)C(O)C1=NC2(CCCC2)CO1)N1C(=O)C(C(C)C)N(C(=O)c2ccccc2)C=C1c1ccccc1. The van der Waals surface area contributed by atoms with E-state index < -0.39 is 30.0 Å². The Labute approximate surface area is 276 Å². The second-order valence-corrected chi connectivity index (χ2v) is 13.0. The molecule has 2 aliphatic heterocycles. The Kier molecular flexibility index (Phi) is 9.27. The predicted molar refractivity (Wildman–Crippen MR) is 180 cm³/mol. The van der Waals surface area contributed by atoms with Gasteiger partial charge in [-0.2, -0.15) is 0 Å². The van der Waals surface area contributed by atoms with Gasteiger partial charge in [-0.1, -0.05) is 106 Å². The maximum atomic E-state index is 14.9. The fraction of sp³-hybridized carbons (Fsp3) is 0.368. The summed E-state index contributed by atoms with van der Waals surface area (Å²) in [7, 11) is 0. The molecule has 1 saturated carbocycles. The Hall–Kier alpha value is -4.76. The first-order valence-electron chi connectivity index (χ1n) is 16.4. The van der Waals surface area contributed by atoms with E-state index in [4.69, 9.17) is 9.73 Å². The number of nitrogens with zero attached hydrogens (tertiary/aromatic N) is 4. The number of hydrazine groups is 1. The van der Waals surface area contributed by atoms with Crippen molar-refractivity contribution in [2.75, 3.05) is 6.61 Å². The van der Waals surface area contributed by atoms with Crippen LogP contribution in [-0.2, 0) is 20.7 Å². The molecule has 47 heavy (non-hydrogen) atoms. The van der Waals surface area contributed by atoms with Crippen molar-refractivity contribution >= 4 is 29.3 Å². The van der Waals surface area contributed by atoms with Gasteiger partial charge in [-0.25, -0.2) is 15.0 Å². The standard InChI is InChI=1S/C38H42N4O5/c1-26(2)33-37(46)42(32(29-17-9-5-10-18-29)24-40(33)36(45)30-19-11-6-12-20-30)41(27(3)43)31(23-28-15-7-4-8-16-28)34(44)35-39-38(25-47-35)21-13-14-22-38/h4-12,15-20,24,26,31,33-34,44H,13-14,21-23,25H2,1-3H3/t31-,33?,34?/m0/s1. The third-order valence-corrected chi connectivity index (χ3v) is 9.34. The van der Waals surface area contributed by atoms with Crippen LogP contribution in [0.25, 0.3) is 5.70 Å². The van der Waals surface area contributed by atoms with Gasteiger partial charge < -0.3 is 9.84 Å². The van der Waals surface area contributed by atoms with E-state index in [1.165, 1.54) is 21.8 Å². The molecule has 2 heterocycles. The number of aliphatic imine (C=N–C) groups is 1. The van der Waals surface area contributed by atoms with Gasteiger partial charge in [-0.15, -0.1) is 0 Å². The van der Waals surface area contributed by atoms with Gasteiger partial charge in [0.2, 0.25) is 11.8 Å². The summed E-state index contributed by atoms with van der Waals surface area (Å²) in [6.45, 7) is 5.54. The van der Waals surface area contributed by atoms with Crippen LogP contribution in [0.15, 0.2) is 102 Å². The van der Waals surface area contributed by atoms with Crippen molar-refractivity contribution in [1.29, 1.82) is 0 Å². The van der Waals surface area contributed by atoms with Crippen LogP contribution in [0.5, 0.6) is 0 Å². The highest BCUT2D eigenvalue weighted by molar-refractivity contribution is 6.03. The summed E-state index contributed by atoms with van der Waals surface area (Å²) in [4.78, 5) is 49.2. The van der Waals surface area contributed by atoms with Crippen LogP contribution in [-0.4, -0.2) is 74.0 Å². The van der Waals surface area contributed by atoms with Gasteiger partial charge in [-0.3, -0.25) is 19.3 Å². The van der Waals surface area contributed by atoms with E-state index in [-0.39, 0.29) is 29.7 Å². The summed E-state index contributed by atoms with van der Waals surface area (Å²) in [5.41, 5.74) is 1.94. The average Bonchev–Trinajstić information content (AvgIpc) is 3.74. The predicted octanol–water partition coefficient (Wildman–Crippen LogP) is 5.47. The van der Waals surface area contributed by atoms with Crippen molar-refractivity contribution in [2.24, 2.45) is 10.9 Å². The number of hydrogen-bond acceptors (Lipinski definition) is 6. The Morgan fingerprint density at radius 3 is 2.15 bits per heavy atom. The second kappa shape index (κ2) is 13.5. The third-order valence-electron chi connectivity index (χ3n) is 9.34. The topological polar surface area (TPSA) is 103 Å². The molecule has 1 aliphatic carbocycles. The zero-order valence-corrected chi connectivity index (χ0v) is 27.2. The van der Waals surface area contributed by atoms with Crippen LogP contribution < -0.4 is 0 Å². The molecule has 3 atom stereocenters. The molecule has 1 fully saturated rings. The summed E-state index contributed by atoms with van der Waals surface area (Å²) < 4.78 is 6.07. The van der Waals surface area contributed by atoms with Crippen LogP contribution in [0.3, 0.4) is 0 Å². The van der Waals surface area contributed by atoms with E-state index in [1.54, 1.807) is 30.5 Å². The molecular weight excluding hydrogens is 592 g/mol. The molecular formula is C38H42N4O5. The minimum absolute atomic E-state index is 0.190. The van der Waals surface area contributed by atoms with Crippen molar-refractivity contribution in [3.05, 3.63) is 114 Å². The molecule has 3 aromatic carbocycles. The van der Waals surface area contributed by atoms with Crippen molar-refractivity contribution in [3.8, 4) is 0 Å². The minimum Gasteiger partial charge on any atom is -0.476 e. The van der Waals surface area contributed by atoms with Gasteiger partial charge in [0.1, 0.15) is 12.6 Å². The Balaban J connectivity index is 1.50. The van der Waals surface area contributed by atoms with Crippen LogP contribution in [0.1, 0.15) is 67.9 Å². The fourth-order valence-corrected chi connectivity index (χ4v) is 7.00. The van der Waals surface area contributed by atoms with E-state index in [0.717, 1.165) is 31.2 Å². The Morgan fingerprint density at radius 1 is 0.957 bits per heavy atom. The third kappa shape index (κ3) is 6.45. The molecule has 0 saturated heterocycles. The summed E-state index contributed by atoms with van der Waals surface area (Å²) in [6, 6.07) is 25.7. The zero-order valence-electron chi connectivity index (χ0n) is 27.2. The van der Waals surface area contributed by atoms with Gasteiger partial charge in [0.25, 0.3) is 11.8 Å². The summed E-state index contributed by atoms with van der Waals surface area (Å²) in [6.07, 6.45) is 4.44. The summed E-state index contributed by atoms with van der Waals surface area (Å²) in [5, 5.41) is 14.8. The molecule has 244 valence electrons. The van der Waals surface area contributed by atoms with E-state index >= 15 is 0 Å². The van der Waals surface area contributed by atoms with Crippen molar-refractivity contribution in [1.82, 2.24) is 14.9 Å². The van der Waals surface area contributed by atoms with Gasteiger partial charge in [0.15, 0.2) is 6.10 Å². The van der Waals surface area contributed by atoms with Crippen LogP contribution >= 0.6 is 0 Å². The number of hydrogen-bond donors (Lipinski definition) is 1. The molecule has 9 heteroatoms. The van der Waals surface area contributed by atoms with E-state index in [9.17, 15) is 19.5 Å². The molecule has 6 rings (SSSR count). The van der Waals surface area contributed by atoms with Gasteiger partial charge in [0.05, 0.1) is 17.3 Å².